The topological polar surface area (TPSA) is 77.5 Å². The predicted molar refractivity (Wildman–Crippen MR) is 56.5 cm³/mol. The quantitative estimate of drug-likeness (QED) is 0.633. The van der Waals surface area contributed by atoms with Gasteiger partial charge in [-0.3, -0.25) is 14.5 Å². The van der Waals surface area contributed by atoms with Crippen LogP contribution in [0.25, 0.3) is 0 Å². The van der Waals surface area contributed by atoms with Crippen LogP contribution in [-0.2, 0) is 14.4 Å². The van der Waals surface area contributed by atoms with E-state index in [4.69, 9.17) is 11.6 Å². The van der Waals surface area contributed by atoms with E-state index in [1.54, 1.807) is 6.08 Å². The molecule has 5 nitrogen and oxygen atoms in total. The second-order valence-electron chi connectivity index (χ2n) is 4.35. The number of fused-ring (bicyclic) bond motifs is 1. The van der Waals surface area contributed by atoms with Crippen molar-refractivity contribution in [3.8, 4) is 0 Å². The number of aliphatic carboxylic acids is 1. The first-order valence-corrected chi connectivity index (χ1v) is 5.73. The SMILES string of the molecule is C[C@@H](C(=O)[O-])N1C(=O)[C@H]2CC(Cl)=CC[C@H]2C1=O. The molecule has 0 bridgehead atoms. The minimum absolute atomic E-state index is 0.313. The molecule has 1 fully saturated rings. The molecule has 0 saturated carbocycles. The lowest BCUT2D eigenvalue weighted by molar-refractivity contribution is -0.310. The van der Waals surface area contributed by atoms with E-state index >= 15 is 0 Å². The third-order valence-corrected chi connectivity index (χ3v) is 3.64. The number of hydrogen-bond acceptors (Lipinski definition) is 4. The van der Waals surface area contributed by atoms with E-state index in [1.165, 1.54) is 6.92 Å². The fraction of sp³-hybridized carbons (Fsp3) is 0.545. The second kappa shape index (κ2) is 4.14. The standard InChI is InChI=1S/C11H12ClNO4/c1-5(11(16)17)13-9(14)7-3-2-6(12)4-8(7)10(13)15/h2,5,7-8H,3-4H2,1H3,(H,16,17)/p-1/t5-,7+,8-/m0/s1. The Kier molecular flexibility index (Phi) is 2.95. The zero-order valence-electron chi connectivity index (χ0n) is 9.18. The maximum Gasteiger partial charge on any atom is 0.234 e. The maximum absolute atomic E-state index is 12.0. The smallest absolute Gasteiger partial charge is 0.234 e. The molecule has 1 aliphatic carbocycles. The van der Waals surface area contributed by atoms with Crippen LogP contribution in [0.5, 0.6) is 0 Å². The average Bonchev–Trinajstić information content (AvgIpc) is 2.50. The van der Waals surface area contributed by atoms with Gasteiger partial charge in [-0.25, -0.2) is 0 Å². The summed E-state index contributed by atoms with van der Waals surface area (Å²) in [5.74, 6) is -3.29. The van der Waals surface area contributed by atoms with Gasteiger partial charge in [0.25, 0.3) is 0 Å². The molecule has 3 atom stereocenters. The Hall–Kier alpha value is -1.36. The number of halogens is 1. The van der Waals surface area contributed by atoms with Gasteiger partial charge < -0.3 is 9.90 Å². The van der Waals surface area contributed by atoms with Crippen molar-refractivity contribution in [3.05, 3.63) is 11.1 Å². The van der Waals surface area contributed by atoms with E-state index in [0.29, 0.717) is 17.9 Å². The summed E-state index contributed by atoms with van der Waals surface area (Å²) in [4.78, 5) is 35.5. The van der Waals surface area contributed by atoms with E-state index in [0.717, 1.165) is 4.90 Å². The zero-order valence-corrected chi connectivity index (χ0v) is 9.94. The first-order chi connectivity index (χ1) is 7.93. The molecule has 0 aromatic rings. The highest BCUT2D eigenvalue weighted by Crippen LogP contribution is 2.39. The van der Waals surface area contributed by atoms with Crippen LogP contribution >= 0.6 is 11.6 Å². The van der Waals surface area contributed by atoms with Gasteiger partial charge in [-0.05, 0) is 19.8 Å². The number of nitrogens with zero attached hydrogens (tertiary/aromatic N) is 1. The lowest BCUT2D eigenvalue weighted by atomic mass is 9.85. The van der Waals surface area contributed by atoms with Crippen LogP contribution in [0, 0.1) is 11.8 Å². The Bertz CT molecular complexity index is 431. The minimum atomic E-state index is -1.43. The highest BCUT2D eigenvalue weighted by atomic mass is 35.5. The van der Waals surface area contributed by atoms with Crippen molar-refractivity contribution in [2.45, 2.75) is 25.8 Å². The van der Waals surface area contributed by atoms with Crippen molar-refractivity contribution < 1.29 is 19.5 Å². The molecular formula is C11H11ClNO4-. The number of rotatable bonds is 2. The molecule has 0 aromatic heterocycles. The molecule has 1 aliphatic heterocycles. The number of carbonyl (C=O) groups excluding carboxylic acids is 3. The summed E-state index contributed by atoms with van der Waals surface area (Å²) < 4.78 is 0. The van der Waals surface area contributed by atoms with E-state index in [1.807, 2.05) is 0 Å². The van der Waals surface area contributed by atoms with E-state index < -0.39 is 35.7 Å². The molecule has 1 heterocycles. The minimum Gasteiger partial charge on any atom is -0.548 e. The van der Waals surface area contributed by atoms with Crippen LogP contribution in [0.1, 0.15) is 19.8 Å². The number of imide groups is 1. The summed E-state index contributed by atoms with van der Waals surface area (Å²) in [5, 5.41) is 11.3. The van der Waals surface area contributed by atoms with Crippen molar-refractivity contribution in [2.24, 2.45) is 11.8 Å². The number of carbonyl (C=O) groups is 3. The van der Waals surface area contributed by atoms with Gasteiger partial charge in [-0.1, -0.05) is 17.7 Å². The number of amides is 2. The Morgan fingerprint density at radius 3 is 2.65 bits per heavy atom. The van der Waals surface area contributed by atoms with Crippen molar-refractivity contribution >= 4 is 29.4 Å². The Morgan fingerprint density at radius 2 is 2.06 bits per heavy atom. The monoisotopic (exact) mass is 256 g/mol. The van der Waals surface area contributed by atoms with Gasteiger partial charge in [-0.2, -0.15) is 0 Å². The molecule has 2 amide bonds. The lowest BCUT2D eigenvalue weighted by Gasteiger charge is -2.23. The first-order valence-electron chi connectivity index (χ1n) is 5.35. The van der Waals surface area contributed by atoms with Crippen molar-refractivity contribution in [3.63, 3.8) is 0 Å². The average molecular weight is 257 g/mol. The predicted octanol–water partition coefficient (Wildman–Crippen LogP) is -0.358. The fourth-order valence-corrected chi connectivity index (χ4v) is 2.60. The number of hydrogen-bond donors (Lipinski definition) is 0. The summed E-state index contributed by atoms with van der Waals surface area (Å²) in [5.41, 5.74) is 0. The van der Waals surface area contributed by atoms with Gasteiger partial charge in [0.2, 0.25) is 11.8 Å². The fourth-order valence-electron chi connectivity index (χ4n) is 2.34. The van der Waals surface area contributed by atoms with Crippen molar-refractivity contribution in [1.82, 2.24) is 4.90 Å². The molecule has 0 aromatic carbocycles. The zero-order chi connectivity index (χ0) is 12.7. The molecule has 0 unspecified atom stereocenters. The molecule has 1 saturated heterocycles. The summed E-state index contributed by atoms with van der Waals surface area (Å²) in [6.45, 7) is 1.28. The third-order valence-electron chi connectivity index (χ3n) is 3.33. The van der Waals surface area contributed by atoms with Gasteiger partial charge in [0, 0.05) is 5.03 Å². The number of likely N-dealkylation sites (tertiary alicyclic amines) is 1. The molecular weight excluding hydrogens is 246 g/mol. The van der Waals surface area contributed by atoms with E-state index in [2.05, 4.69) is 0 Å². The molecule has 2 rings (SSSR count). The molecule has 92 valence electrons. The van der Waals surface area contributed by atoms with Crippen LogP contribution in [0.15, 0.2) is 11.1 Å². The largest absolute Gasteiger partial charge is 0.548 e. The summed E-state index contributed by atoms with van der Waals surface area (Å²) >= 11 is 5.84. The Labute approximate surface area is 103 Å². The van der Waals surface area contributed by atoms with Gasteiger partial charge >= 0.3 is 0 Å². The van der Waals surface area contributed by atoms with Gasteiger partial charge in [-0.15, -0.1) is 0 Å². The van der Waals surface area contributed by atoms with Crippen molar-refractivity contribution in [1.29, 1.82) is 0 Å². The van der Waals surface area contributed by atoms with Gasteiger partial charge in [0.05, 0.1) is 23.8 Å². The Morgan fingerprint density at radius 1 is 1.47 bits per heavy atom. The van der Waals surface area contributed by atoms with Crippen LogP contribution in [0.4, 0.5) is 0 Å². The summed E-state index contributed by atoms with van der Waals surface area (Å²) in [7, 11) is 0. The highest BCUT2D eigenvalue weighted by molar-refractivity contribution is 6.30. The first kappa shape index (κ1) is 12.1. The molecule has 0 spiro atoms. The maximum atomic E-state index is 12.0. The van der Waals surface area contributed by atoms with E-state index in [9.17, 15) is 19.5 Å². The van der Waals surface area contributed by atoms with Crippen LogP contribution in [0.2, 0.25) is 0 Å². The van der Waals surface area contributed by atoms with Crippen molar-refractivity contribution in [2.75, 3.05) is 0 Å². The van der Waals surface area contributed by atoms with Gasteiger partial charge in [0.15, 0.2) is 0 Å². The van der Waals surface area contributed by atoms with Crippen LogP contribution in [-0.4, -0.2) is 28.7 Å². The van der Waals surface area contributed by atoms with E-state index in [-0.39, 0.29) is 0 Å². The summed E-state index contributed by atoms with van der Waals surface area (Å²) in [6, 6.07) is -1.22. The Balaban J connectivity index is 2.28. The van der Waals surface area contributed by atoms with Crippen LogP contribution < -0.4 is 5.11 Å². The summed E-state index contributed by atoms with van der Waals surface area (Å²) in [6.07, 6.45) is 2.42. The number of allylic oxidation sites excluding steroid dienone is 2. The number of carboxylic acid groups (broad SMARTS) is 1. The molecule has 6 heteroatoms. The van der Waals surface area contributed by atoms with Crippen LogP contribution in [0.3, 0.4) is 0 Å². The molecule has 2 aliphatic rings. The normalized spacial score (nSPS) is 30.0. The third kappa shape index (κ3) is 1.84. The highest BCUT2D eigenvalue weighted by Gasteiger charge is 2.49. The molecule has 17 heavy (non-hydrogen) atoms. The number of carboxylic acids is 1. The lowest BCUT2D eigenvalue weighted by Crippen LogP contribution is -2.49. The van der Waals surface area contributed by atoms with Gasteiger partial charge in [0.1, 0.15) is 0 Å². The second-order valence-corrected chi connectivity index (χ2v) is 4.83. The molecule has 0 N–H and O–H groups in total. The molecule has 0 radical (unpaired) electrons.